The number of aryl methyl sites for hydroxylation is 2. The molecule has 0 fully saturated rings. The summed E-state index contributed by atoms with van der Waals surface area (Å²) in [5.74, 6) is 1.16. The van der Waals surface area contributed by atoms with Crippen molar-refractivity contribution in [3.63, 3.8) is 0 Å². The minimum absolute atomic E-state index is 0.255. The number of pyridine rings is 4. The highest BCUT2D eigenvalue weighted by Gasteiger charge is 2.13. The SMILES string of the molecule is Cc1nnc(C)n1-n1ccc2nc3ccn(-c4ccncc4)c(=O)c3cc2c1=O. The van der Waals surface area contributed by atoms with E-state index in [2.05, 4.69) is 20.2 Å². The fourth-order valence-electron chi connectivity index (χ4n) is 3.45. The van der Waals surface area contributed by atoms with Crippen molar-refractivity contribution in [1.29, 1.82) is 0 Å². The van der Waals surface area contributed by atoms with Crippen LogP contribution in [0.5, 0.6) is 0 Å². The molecule has 0 spiro atoms. The molecule has 0 aromatic carbocycles. The van der Waals surface area contributed by atoms with Crippen molar-refractivity contribution in [3.05, 3.63) is 87.5 Å². The van der Waals surface area contributed by atoms with Crippen LogP contribution < -0.4 is 11.1 Å². The first kappa shape index (κ1) is 17.0. The van der Waals surface area contributed by atoms with E-state index in [0.29, 0.717) is 39.1 Å². The number of hydrogen-bond donors (Lipinski definition) is 0. The van der Waals surface area contributed by atoms with Gasteiger partial charge in [0, 0.05) is 24.8 Å². The molecule has 9 heteroatoms. The van der Waals surface area contributed by atoms with Crippen molar-refractivity contribution < 1.29 is 0 Å². The minimum atomic E-state index is -0.304. The molecule has 0 atom stereocenters. The molecular formula is C20H15N7O2. The molecule has 5 rings (SSSR count). The maximum absolute atomic E-state index is 13.2. The van der Waals surface area contributed by atoms with Crippen LogP contribution in [0.4, 0.5) is 0 Å². The first-order chi connectivity index (χ1) is 14.0. The van der Waals surface area contributed by atoms with Crippen molar-refractivity contribution in [2.24, 2.45) is 0 Å². The molecule has 0 saturated heterocycles. The number of hydrogen-bond acceptors (Lipinski definition) is 6. The summed E-state index contributed by atoms with van der Waals surface area (Å²) in [5.41, 5.74) is 1.18. The Balaban J connectivity index is 1.81. The Bertz CT molecular complexity index is 1490. The van der Waals surface area contributed by atoms with Crippen molar-refractivity contribution in [3.8, 4) is 5.69 Å². The molecule has 0 radical (unpaired) electrons. The summed E-state index contributed by atoms with van der Waals surface area (Å²) in [6, 6.07) is 8.59. The van der Waals surface area contributed by atoms with E-state index in [-0.39, 0.29) is 11.1 Å². The summed E-state index contributed by atoms with van der Waals surface area (Å²) in [7, 11) is 0. The second kappa shape index (κ2) is 6.20. The molecule has 0 aliphatic rings. The first-order valence-electron chi connectivity index (χ1n) is 8.92. The summed E-state index contributed by atoms with van der Waals surface area (Å²) in [5, 5.41) is 8.71. The Morgan fingerprint density at radius 3 is 2.10 bits per heavy atom. The van der Waals surface area contributed by atoms with Gasteiger partial charge >= 0.3 is 0 Å². The lowest BCUT2D eigenvalue weighted by atomic mass is 10.2. The van der Waals surface area contributed by atoms with Gasteiger partial charge in [0.1, 0.15) is 11.6 Å². The zero-order valence-electron chi connectivity index (χ0n) is 15.6. The third-order valence-corrected chi connectivity index (χ3v) is 4.83. The van der Waals surface area contributed by atoms with Gasteiger partial charge in [-0.25, -0.2) is 14.3 Å². The molecule has 0 bridgehead atoms. The molecule has 5 aromatic heterocycles. The van der Waals surface area contributed by atoms with Crippen LogP contribution in [-0.2, 0) is 0 Å². The smallest absolute Gasteiger partial charge is 0.279 e. The van der Waals surface area contributed by atoms with Gasteiger partial charge in [-0.3, -0.25) is 19.1 Å². The molecule has 0 saturated carbocycles. The van der Waals surface area contributed by atoms with Crippen molar-refractivity contribution in [2.75, 3.05) is 0 Å². The lowest BCUT2D eigenvalue weighted by Crippen LogP contribution is -2.28. The molecule has 0 aliphatic carbocycles. The molecule has 142 valence electrons. The van der Waals surface area contributed by atoms with Crippen LogP contribution >= 0.6 is 0 Å². The van der Waals surface area contributed by atoms with Gasteiger partial charge in [-0.05, 0) is 44.2 Å². The van der Waals surface area contributed by atoms with E-state index in [4.69, 9.17) is 0 Å². The number of aromatic nitrogens is 7. The van der Waals surface area contributed by atoms with Crippen LogP contribution in [0.15, 0.2) is 64.7 Å². The largest absolute Gasteiger partial charge is 0.284 e. The van der Waals surface area contributed by atoms with Gasteiger partial charge in [-0.15, -0.1) is 10.2 Å². The maximum Gasteiger partial charge on any atom is 0.279 e. The van der Waals surface area contributed by atoms with Crippen LogP contribution in [0.1, 0.15) is 11.6 Å². The summed E-state index contributed by atoms with van der Waals surface area (Å²) >= 11 is 0. The third kappa shape index (κ3) is 2.55. The Morgan fingerprint density at radius 2 is 1.41 bits per heavy atom. The fourth-order valence-corrected chi connectivity index (χ4v) is 3.45. The van der Waals surface area contributed by atoms with E-state index < -0.39 is 0 Å². The maximum atomic E-state index is 13.2. The molecule has 0 amide bonds. The van der Waals surface area contributed by atoms with E-state index in [1.54, 1.807) is 73.6 Å². The van der Waals surface area contributed by atoms with Crippen LogP contribution in [-0.4, -0.2) is 34.1 Å². The second-order valence-electron chi connectivity index (χ2n) is 6.62. The quantitative estimate of drug-likeness (QED) is 0.428. The molecule has 5 heterocycles. The minimum Gasteiger partial charge on any atom is -0.284 e. The average Bonchev–Trinajstić information content (AvgIpc) is 3.07. The number of rotatable bonds is 2. The zero-order valence-corrected chi connectivity index (χ0v) is 15.6. The predicted molar refractivity (Wildman–Crippen MR) is 107 cm³/mol. The molecular weight excluding hydrogens is 370 g/mol. The number of nitrogens with zero attached hydrogens (tertiary/aromatic N) is 7. The van der Waals surface area contributed by atoms with Gasteiger partial charge in [0.15, 0.2) is 0 Å². The van der Waals surface area contributed by atoms with Gasteiger partial charge in [-0.1, -0.05) is 0 Å². The monoisotopic (exact) mass is 385 g/mol. The Kier molecular flexibility index (Phi) is 3.63. The standard InChI is InChI=1S/C20H15N7O2/c1-12-23-24-13(2)27(12)26-10-6-18-16(20(26)29)11-15-17(22-18)5-9-25(19(15)28)14-3-7-21-8-4-14/h3-11H,1-2H3. The molecule has 5 aromatic rings. The highest BCUT2D eigenvalue weighted by Crippen LogP contribution is 2.16. The third-order valence-electron chi connectivity index (χ3n) is 4.83. The van der Waals surface area contributed by atoms with Crippen molar-refractivity contribution in [1.82, 2.24) is 34.1 Å². The molecule has 0 unspecified atom stereocenters. The van der Waals surface area contributed by atoms with Gasteiger partial charge in [0.05, 0.1) is 27.5 Å². The molecule has 0 aliphatic heterocycles. The normalized spacial score (nSPS) is 11.4. The summed E-state index contributed by atoms with van der Waals surface area (Å²) in [4.78, 5) is 34.7. The molecule has 29 heavy (non-hydrogen) atoms. The first-order valence-corrected chi connectivity index (χ1v) is 8.92. The van der Waals surface area contributed by atoms with Gasteiger partial charge in [-0.2, -0.15) is 0 Å². The van der Waals surface area contributed by atoms with E-state index in [1.165, 1.54) is 9.24 Å². The van der Waals surface area contributed by atoms with Crippen molar-refractivity contribution >= 4 is 21.8 Å². The van der Waals surface area contributed by atoms with Crippen LogP contribution in [0.3, 0.4) is 0 Å². The highest BCUT2D eigenvalue weighted by molar-refractivity contribution is 5.91. The Labute approximate surface area is 163 Å². The van der Waals surface area contributed by atoms with Gasteiger partial charge in [0.25, 0.3) is 11.1 Å². The van der Waals surface area contributed by atoms with E-state index >= 15 is 0 Å². The zero-order chi connectivity index (χ0) is 20.1. The van der Waals surface area contributed by atoms with Crippen molar-refractivity contribution in [2.45, 2.75) is 13.8 Å². The lowest BCUT2D eigenvalue weighted by molar-refractivity contribution is 0.595. The highest BCUT2D eigenvalue weighted by atomic mass is 16.1. The topological polar surface area (TPSA) is 100 Å². The van der Waals surface area contributed by atoms with E-state index in [1.807, 2.05) is 0 Å². The molecule has 0 N–H and O–H groups in total. The molecule has 9 nitrogen and oxygen atoms in total. The van der Waals surface area contributed by atoms with E-state index in [0.717, 1.165) is 0 Å². The summed E-state index contributed by atoms with van der Waals surface area (Å²) < 4.78 is 4.55. The second-order valence-corrected chi connectivity index (χ2v) is 6.62. The van der Waals surface area contributed by atoms with Crippen LogP contribution in [0, 0.1) is 13.8 Å². The lowest BCUT2D eigenvalue weighted by Gasteiger charge is -2.11. The van der Waals surface area contributed by atoms with Gasteiger partial charge < -0.3 is 0 Å². The van der Waals surface area contributed by atoms with Crippen LogP contribution in [0.2, 0.25) is 0 Å². The van der Waals surface area contributed by atoms with Gasteiger partial charge in [0.2, 0.25) is 0 Å². The number of fused-ring (bicyclic) bond motifs is 2. The Morgan fingerprint density at radius 1 is 0.793 bits per heavy atom. The summed E-state index contributed by atoms with van der Waals surface area (Å²) in [6.45, 7) is 3.53. The predicted octanol–water partition coefficient (Wildman–Crippen LogP) is 1.62. The van der Waals surface area contributed by atoms with E-state index in [9.17, 15) is 9.59 Å². The average molecular weight is 385 g/mol. The summed E-state index contributed by atoms with van der Waals surface area (Å²) in [6.07, 6.45) is 6.54. The Hall–Kier alpha value is -4.14. The van der Waals surface area contributed by atoms with Crippen LogP contribution in [0.25, 0.3) is 27.5 Å². The fraction of sp³-hybridized carbons (Fsp3) is 0.100.